The van der Waals surface area contributed by atoms with E-state index in [0.29, 0.717) is 43.2 Å². The second-order valence-corrected chi connectivity index (χ2v) is 11.0. The molecule has 0 spiro atoms. The number of aryl methyl sites for hydroxylation is 1. The molecular formula is C31H44F2N2O2. The van der Waals surface area contributed by atoms with Gasteiger partial charge in [0.1, 0.15) is 5.82 Å². The summed E-state index contributed by atoms with van der Waals surface area (Å²) in [7, 11) is 0. The molecule has 0 amide bonds. The van der Waals surface area contributed by atoms with Gasteiger partial charge in [-0.2, -0.15) is 4.39 Å². The van der Waals surface area contributed by atoms with Gasteiger partial charge in [0.25, 0.3) is 0 Å². The van der Waals surface area contributed by atoms with Crippen molar-refractivity contribution in [2.45, 2.75) is 116 Å². The second-order valence-electron chi connectivity index (χ2n) is 11.0. The number of ether oxygens (including phenoxy) is 2. The zero-order chi connectivity index (χ0) is 25.9. The molecule has 0 radical (unpaired) electrons. The second kappa shape index (κ2) is 14.6. The molecule has 0 bridgehead atoms. The van der Waals surface area contributed by atoms with Gasteiger partial charge in [0.15, 0.2) is 17.3 Å². The van der Waals surface area contributed by atoms with Crippen LogP contribution in [0.25, 0.3) is 0 Å². The number of hydrogen-bond acceptors (Lipinski definition) is 4. The van der Waals surface area contributed by atoms with Gasteiger partial charge in [0.2, 0.25) is 5.82 Å². The number of aromatic nitrogens is 2. The number of halogens is 2. The van der Waals surface area contributed by atoms with E-state index in [-0.39, 0.29) is 11.7 Å². The molecule has 6 heteroatoms. The van der Waals surface area contributed by atoms with Gasteiger partial charge in [0, 0.05) is 5.92 Å². The van der Waals surface area contributed by atoms with Crippen molar-refractivity contribution < 1.29 is 18.3 Å². The van der Waals surface area contributed by atoms with Crippen molar-refractivity contribution in [1.82, 2.24) is 9.97 Å². The largest absolute Gasteiger partial charge is 0.490 e. The fourth-order valence-electron chi connectivity index (χ4n) is 5.30. The van der Waals surface area contributed by atoms with Crippen LogP contribution >= 0.6 is 0 Å². The van der Waals surface area contributed by atoms with Crippen molar-refractivity contribution in [2.75, 3.05) is 13.2 Å². The molecule has 1 atom stereocenters. The number of fused-ring (bicyclic) bond motifs is 1. The maximum Gasteiger partial charge on any atom is 0.200 e. The smallest absolute Gasteiger partial charge is 0.200 e. The summed E-state index contributed by atoms with van der Waals surface area (Å²) in [6.07, 6.45) is 21.2. The predicted octanol–water partition coefficient (Wildman–Crippen LogP) is 8.51. The van der Waals surface area contributed by atoms with E-state index < -0.39 is 11.6 Å². The van der Waals surface area contributed by atoms with E-state index >= 15 is 0 Å². The molecule has 0 N–H and O–H groups in total. The molecule has 1 fully saturated rings. The lowest BCUT2D eigenvalue weighted by Gasteiger charge is -2.25. The SMILES string of the molecule is CCCCCCCCOc1cc2c(c(F)c1F)CC(c1ncc(OCCCCCCC3CC3)cn1)CC2. The molecule has 2 aromatic rings. The molecule has 2 aliphatic rings. The van der Waals surface area contributed by atoms with Gasteiger partial charge < -0.3 is 9.47 Å². The molecule has 4 rings (SSSR count). The lowest BCUT2D eigenvalue weighted by molar-refractivity contribution is 0.283. The van der Waals surface area contributed by atoms with Gasteiger partial charge in [-0.3, -0.25) is 0 Å². The van der Waals surface area contributed by atoms with Crippen LogP contribution in [0, 0.1) is 17.6 Å². The highest BCUT2D eigenvalue weighted by molar-refractivity contribution is 5.41. The molecule has 1 aromatic heterocycles. The van der Waals surface area contributed by atoms with E-state index in [9.17, 15) is 8.78 Å². The van der Waals surface area contributed by atoms with Crippen molar-refractivity contribution >= 4 is 0 Å². The molecule has 1 heterocycles. The summed E-state index contributed by atoms with van der Waals surface area (Å²) in [5.74, 6) is 0.718. The Morgan fingerprint density at radius 2 is 1.49 bits per heavy atom. The summed E-state index contributed by atoms with van der Waals surface area (Å²) in [5.41, 5.74) is 1.27. The quantitative estimate of drug-likeness (QED) is 0.199. The van der Waals surface area contributed by atoms with Crippen molar-refractivity contribution in [1.29, 1.82) is 0 Å². The van der Waals surface area contributed by atoms with E-state index in [0.717, 1.165) is 43.6 Å². The van der Waals surface area contributed by atoms with Crippen LogP contribution in [-0.2, 0) is 12.8 Å². The first kappa shape index (κ1) is 27.8. The average Bonchev–Trinajstić information content (AvgIpc) is 3.75. The first-order chi connectivity index (χ1) is 18.2. The highest BCUT2D eigenvalue weighted by atomic mass is 19.2. The highest BCUT2D eigenvalue weighted by Gasteiger charge is 2.28. The Morgan fingerprint density at radius 1 is 0.811 bits per heavy atom. The summed E-state index contributed by atoms with van der Waals surface area (Å²) in [6.45, 7) is 3.29. The normalized spacial score (nSPS) is 17.0. The Bertz CT molecular complexity index is 963. The van der Waals surface area contributed by atoms with Gasteiger partial charge in [0.05, 0.1) is 25.6 Å². The summed E-state index contributed by atoms with van der Waals surface area (Å²) in [5, 5.41) is 0. The fourth-order valence-corrected chi connectivity index (χ4v) is 5.30. The number of hydrogen-bond donors (Lipinski definition) is 0. The van der Waals surface area contributed by atoms with Crippen LogP contribution in [0.1, 0.15) is 120 Å². The third-order valence-electron chi connectivity index (χ3n) is 7.82. The van der Waals surface area contributed by atoms with Crippen LogP contribution in [0.3, 0.4) is 0 Å². The lowest BCUT2D eigenvalue weighted by Crippen LogP contribution is -2.18. The van der Waals surface area contributed by atoms with Gasteiger partial charge >= 0.3 is 0 Å². The lowest BCUT2D eigenvalue weighted by atomic mass is 9.83. The molecule has 0 saturated heterocycles. The summed E-state index contributed by atoms with van der Waals surface area (Å²) < 4.78 is 41.2. The van der Waals surface area contributed by atoms with Crippen LogP contribution in [0.2, 0.25) is 0 Å². The van der Waals surface area contributed by atoms with Crippen LogP contribution in [0.5, 0.6) is 11.5 Å². The van der Waals surface area contributed by atoms with Crippen molar-refractivity contribution in [3.8, 4) is 11.5 Å². The standard InChI is InChI=1S/C31H44F2N2O2/c1-2-3-4-5-7-11-18-37-28-20-24-15-16-25(19-27(24)29(32)30(28)33)31-34-21-26(22-35-31)36-17-10-8-6-9-12-23-13-14-23/h20-23,25H,2-19H2,1H3. The predicted molar refractivity (Wildman–Crippen MR) is 143 cm³/mol. The Labute approximate surface area is 221 Å². The average molecular weight is 515 g/mol. The highest BCUT2D eigenvalue weighted by Crippen LogP contribution is 2.37. The number of benzene rings is 1. The number of rotatable bonds is 17. The Balaban J connectivity index is 1.21. The molecule has 2 aliphatic carbocycles. The molecule has 204 valence electrons. The fraction of sp³-hybridized carbons (Fsp3) is 0.677. The molecular weight excluding hydrogens is 470 g/mol. The Morgan fingerprint density at radius 3 is 2.22 bits per heavy atom. The van der Waals surface area contributed by atoms with Crippen LogP contribution in [0.15, 0.2) is 18.5 Å². The Hall–Kier alpha value is -2.24. The van der Waals surface area contributed by atoms with Gasteiger partial charge in [-0.1, -0.05) is 77.6 Å². The van der Waals surface area contributed by atoms with Crippen LogP contribution < -0.4 is 9.47 Å². The number of nitrogens with zero attached hydrogens (tertiary/aromatic N) is 2. The molecule has 1 unspecified atom stereocenters. The molecule has 1 aromatic carbocycles. The molecule has 37 heavy (non-hydrogen) atoms. The maximum absolute atomic E-state index is 15.0. The minimum absolute atomic E-state index is 0.0307. The number of unbranched alkanes of at least 4 members (excludes halogenated alkanes) is 8. The Kier molecular flexibility index (Phi) is 11.0. The zero-order valence-corrected chi connectivity index (χ0v) is 22.6. The van der Waals surface area contributed by atoms with Crippen LogP contribution in [-0.4, -0.2) is 23.2 Å². The van der Waals surface area contributed by atoms with Gasteiger partial charge in [-0.25, -0.2) is 14.4 Å². The topological polar surface area (TPSA) is 44.2 Å². The van der Waals surface area contributed by atoms with Crippen molar-refractivity contribution in [3.63, 3.8) is 0 Å². The zero-order valence-electron chi connectivity index (χ0n) is 22.6. The van der Waals surface area contributed by atoms with Gasteiger partial charge in [-0.05, 0) is 55.2 Å². The molecule has 0 aliphatic heterocycles. The van der Waals surface area contributed by atoms with Gasteiger partial charge in [-0.15, -0.1) is 0 Å². The minimum atomic E-state index is -0.873. The summed E-state index contributed by atoms with van der Waals surface area (Å²) in [6, 6.07) is 1.70. The first-order valence-electron chi connectivity index (χ1n) is 14.7. The summed E-state index contributed by atoms with van der Waals surface area (Å²) >= 11 is 0. The van der Waals surface area contributed by atoms with Crippen molar-refractivity contribution in [3.05, 3.63) is 47.0 Å². The maximum atomic E-state index is 15.0. The van der Waals surface area contributed by atoms with E-state index in [1.807, 2.05) is 0 Å². The van der Waals surface area contributed by atoms with E-state index in [1.165, 1.54) is 57.8 Å². The van der Waals surface area contributed by atoms with Crippen molar-refractivity contribution in [2.24, 2.45) is 5.92 Å². The molecule has 1 saturated carbocycles. The summed E-state index contributed by atoms with van der Waals surface area (Å²) in [4.78, 5) is 9.00. The monoisotopic (exact) mass is 514 g/mol. The van der Waals surface area contributed by atoms with Crippen LogP contribution in [0.4, 0.5) is 8.78 Å². The first-order valence-corrected chi connectivity index (χ1v) is 14.7. The molecule has 4 nitrogen and oxygen atoms in total. The third kappa shape index (κ3) is 8.65. The van der Waals surface area contributed by atoms with E-state index in [4.69, 9.17) is 9.47 Å². The van der Waals surface area contributed by atoms with E-state index in [2.05, 4.69) is 16.9 Å². The minimum Gasteiger partial charge on any atom is -0.490 e. The third-order valence-corrected chi connectivity index (χ3v) is 7.82. The van der Waals surface area contributed by atoms with E-state index in [1.54, 1.807) is 18.5 Å².